The first kappa shape index (κ1) is 19.5. The number of quaternary nitrogens is 1. The lowest BCUT2D eigenvalue weighted by atomic mass is 10.3. The number of hydrogen-bond acceptors (Lipinski definition) is 6. The number of ether oxygens (including phenoxy) is 1. The molecule has 0 aromatic carbocycles. The molecule has 1 fully saturated rings. The number of aromatic nitrogens is 2. The number of rotatable bonds is 7. The van der Waals surface area contributed by atoms with Crippen LogP contribution < -0.4 is 21.1 Å². The number of nitrogens with one attached hydrogen (secondary N) is 3. The second-order valence-electron chi connectivity index (χ2n) is 6.49. The lowest BCUT2D eigenvalue weighted by Crippen LogP contribution is -3.14. The number of nitrogens with zero attached hydrogens (tertiary/aromatic N) is 2. The first-order valence-corrected chi connectivity index (χ1v) is 9.75. The molecule has 0 unspecified atom stereocenters. The van der Waals surface area contributed by atoms with E-state index in [-0.39, 0.29) is 24.6 Å². The van der Waals surface area contributed by atoms with Gasteiger partial charge in [-0.05, 0) is 13.0 Å². The highest BCUT2D eigenvalue weighted by Crippen LogP contribution is 2.19. The van der Waals surface area contributed by atoms with Crippen LogP contribution in [0.15, 0.2) is 17.2 Å². The molecule has 3 rings (SSSR count). The molecule has 2 amide bonds. The molecule has 2 aromatic rings. The minimum atomic E-state index is -0.404. The van der Waals surface area contributed by atoms with Crippen molar-refractivity contribution >= 4 is 33.4 Å². The molecule has 0 bridgehead atoms. The number of carbonyl (C=O) groups excluding carboxylic acids is 2. The molecule has 1 aliphatic heterocycles. The summed E-state index contributed by atoms with van der Waals surface area (Å²) >= 11 is 1.44. The molecule has 1 aliphatic rings. The van der Waals surface area contributed by atoms with E-state index in [1.165, 1.54) is 27.1 Å². The van der Waals surface area contributed by atoms with Gasteiger partial charge in [-0.1, -0.05) is 0 Å². The monoisotopic (exact) mass is 394 g/mol. The van der Waals surface area contributed by atoms with Gasteiger partial charge in [0.15, 0.2) is 0 Å². The molecule has 1 saturated heterocycles. The highest BCUT2D eigenvalue weighted by Gasteiger charge is 2.14. The number of thiophene rings is 1. The second kappa shape index (κ2) is 9.07. The molecule has 27 heavy (non-hydrogen) atoms. The molecule has 3 heterocycles. The molecule has 0 radical (unpaired) electrons. The highest BCUT2D eigenvalue weighted by atomic mass is 32.1. The number of amides is 2. The van der Waals surface area contributed by atoms with E-state index in [1.54, 1.807) is 6.07 Å². The molecule has 10 heteroatoms. The van der Waals surface area contributed by atoms with Crippen molar-refractivity contribution in [3.05, 3.63) is 27.6 Å². The number of hydrogen-bond donors (Lipinski definition) is 3. The van der Waals surface area contributed by atoms with E-state index in [9.17, 15) is 14.4 Å². The molecular formula is C17H24N5O4S+. The summed E-state index contributed by atoms with van der Waals surface area (Å²) in [5.41, 5.74) is -0.252. The predicted molar refractivity (Wildman–Crippen MR) is 101 cm³/mol. The molecule has 0 spiro atoms. The van der Waals surface area contributed by atoms with Gasteiger partial charge in [0.05, 0.1) is 44.6 Å². The summed E-state index contributed by atoms with van der Waals surface area (Å²) < 4.78 is 6.54. The van der Waals surface area contributed by atoms with E-state index in [0.717, 1.165) is 37.7 Å². The van der Waals surface area contributed by atoms with Crippen LogP contribution in [0.25, 0.3) is 10.2 Å². The Hall–Kier alpha value is -2.30. The number of carbonyl (C=O) groups is 2. The zero-order valence-electron chi connectivity index (χ0n) is 15.2. The lowest BCUT2D eigenvalue weighted by Gasteiger charge is -2.23. The van der Waals surface area contributed by atoms with E-state index < -0.39 is 5.91 Å². The molecule has 2 aromatic heterocycles. The first-order chi connectivity index (χ1) is 13.0. The summed E-state index contributed by atoms with van der Waals surface area (Å²) in [6.45, 7) is 6.43. The van der Waals surface area contributed by atoms with Crippen molar-refractivity contribution in [3.8, 4) is 0 Å². The van der Waals surface area contributed by atoms with E-state index in [2.05, 4.69) is 15.6 Å². The van der Waals surface area contributed by atoms with Crippen LogP contribution in [-0.4, -0.2) is 67.3 Å². The number of morpholine rings is 1. The molecular weight excluding hydrogens is 370 g/mol. The summed E-state index contributed by atoms with van der Waals surface area (Å²) in [5, 5.41) is 5.84. The molecule has 146 valence electrons. The van der Waals surface area contributed by atoms with Gasteiger partial charge in [0.2, 0.25) is 11.8 Å². The van der Waals surface area contributed by atoms with Crippen molar-refractivity contribution < 1.29 is 19.2 Å². The topological polar surface area (TPSA) is 107 Å². The van der Waals surface area contributed by atoms with Crippen LogP contribution >= 0.6 is 11.3 Å². The summed E-state index contributed by atoms with van der Waals surface area (Å²) in [4.78, 5) is 43.5. The van der Waals surface area contributed by atoms with Crippen molar-refractivity contribution in [1.82, 2.24) is 20.2 Å². The summed E-state index contributed by atoms with van der Waals surface area (Å²) in [6.07, 6.45) is 1.37. The Morgan fingerprint density at radius 1 is 1.30 bits per heavy atom. The van der Waals surface area contributed by atoms with Crippen LogP contribution in [0.1, 0.15) is 4.88 Å². The third-order valence-electron chi connectivity index (χ3n) is 4.40. The fraction of sp³-hybridized carbons (Fsp3) is 0.529. The Morgan fingerprint density at radius 3 is 2.85 bits per heavy atom. The smallest absolute Gasteiger partial charge is 0.262 e. The maximum absolute atomic E-state index is 12.4. The fourth-order valence-electron chi connectivity index (χ4n) is 2.93. The van der Waals surface area contributed by atoms with Gasteiger partial charge >= 0.3 is 0 Å². The van der Waals surface area contributed by atoms with Gasteiger partial charge in [0, 0.05) is 4.88 Å². The fourth-order valence-corrected chi connectivity index (χ4v) is 3.77. The van der Waals surface area contributed by atoms with Gasteiger partial charge in [0.25, 0.3) is 5.56 Å². The molecule has 9 nitrogen and oxygen atoms in total. The Bertz CT molecular complexity index is 872. The van der Waals surface area contributed by atoms with Crippen molar-refractivity contribution in [3.63, 3.8) is 0 Å². The minimum absolute atomic E-state index is 0.112. The molecule has 0 saturated carbocycles. The molecule has 0 aliphatic carbocycles. The maximum Gasteiger partial charge on any atom is 0.262 e. The summed E-state index contributed by atoms with van der Waals surface area (Å²) in [7, 11) is 0. The Labute approximate surface area is 160 Å². The van der Waals surface area contributed by atoms with E-state index in [0.29, 0.717) is 16.8 Å². The third-order valence-corrected chi connectivity index (χ3v) is 5.36. The van der Waals surface area contributed by atoms with Crippen molar-refractivity contribution in [1.29, 1.82) is 0 Å². The normalized spacial score (nSPS) is 15.0. The number of fused-ring (bicyclic) bond motifs is 1. The van der Waals surface area contributed by atoms with Crippen molar-refractivity contribution in [2.24, 2.45) is 0 Å². The van der Waals surface area contributed by atoms with Crippen LogP contribution in [-0.2, 0) is 20.9 Å². The zero-order valence-corrected chi connectivity index (χ0v) is 16.1. The van der Waals surface area contributed by atoms with Gasteiger partial charge in [-0.3, -0.25) is 19.0 Å². The average molecular weight is 394 g/mol. The van der Waals surface area contributed by atoms with Crippen molar-refractivity contribution in [2.75, 3.05) is 45.9 Å². The van der Waals surface area contributed by atoms with Crippen LogP contribution in [0.2, 0.25) is 0 Å². The highest BCUT2D eigenvalue weighted by molar-refractivity contribution is 7.18. The lowest BCUT2D eigenvalue weighted by molar-refractivity contribution is -0.906. The summed E-state index contributed by atoms with van der Waals surface area (Å²) in [5.74, 6) is -0.649. The van der Waals surface area contributed by atoms with Gasteiger partial charge in [-0.2, -0.15) is 0 Å². The SMILES string of the molecule is Cc1cc2c(=O)n(CC(=O)NCC(=O)NCC[NH+]3CCOCC3)cnc2s1. The van der Waals surface area contributed by atoms with Crippen molar-refractivity contribution in [2.45, 2.75) is 13.5 Å². The predicted octanol–water partition coefficient (Wildman–Crippen LogP) is -2.09. The second-order valence-corrected chi connectivity index (χ2v) is 7.73. The van der Waals surface area contributed by atoms with Gasteiger partial charge in [-0.15, -0.1) is 11.3 Å². The zero-order chi connectivity index (χ0) is 19.2. The summed E-state index contributed by atoms with van der Waals surface area (Å²) in [6, 6.07) is 1.77. The minimum Gasteiger partial charge on any atom is -0.370 e. The average Bonchev–Trinajstić information content (AvgIpc) is 3.05. The van der Waals surface area contributed by atoms with Crippen LogP contribution in [0.4, 0.5) is 0 Å². The van der Waals surface area contributed by atoms with Gasteiger partial charge in [-0.25, -0.2) is 4.98 Å². The number of aryl methyl sites for hydroxylation is 1. The Kier molecular flexibility index (Phi) is 6.54. The van der Waals surface area contributed by atoms with E-state index in [4.69, 9.17) is 4.74 Å². The van der Waals surface area contributed by atoms with Gasteiger partial charge < -0.3 is 20.3 Å². The quantitative estimate of drug-likeness (QED) is 0.500. The van der Waals surface area contributed by atoms with Crippen LogP contribution in [0.5, 0.6) is 0 Å². The van der Waals surface area contributed by atoms with Crippen LogP contribution in [0.3, 0.4) is 0 Å². The first-order valence-electron chi connectivity index (χ1n) is 8.93. The standard InChI is InChI=1S/C17H23N5O4S/c1-12-8-13-16(27-12)20-11-22(17(13)25)10-15(24)19-9-14(23)18-2-3-21-4-6-26-7-5-21/h8,11H,2-7,9-10H2,1H3,(H,18,23)(H,19,24)/p+1. The molecule has 0 atom stereocenters. The largest absolute Gasteiger partial charge is 0.370 e. The van der Waals surface area contributed by atoms with Crippen LogP contribution in [0, 0.1) is 6.92 Å². The van der Waals surface area contributed by atoms with Gasteiger partial charge in [0.1, 0.15) is 24.5 Å². The Morgan fingerprint density at radius 2 is 2.07 bits per heavy atom. The Balaban J connectivity index is 1.42. The third kappa shape index (κ3) is 5.34. The van der Waals surface area contributed by atoms with E-state index in [1.807, 2.05) is 6.92 Å². The maximum atomic E-state index is 12.4. The molecule has 3 N–H and O–H groups in total. The van der Waals surface area contributed by atoms with E-state index >= 15 is 0 Å².